The Morgan fingerprint density at radius 2 is 1.69 bits per heavy atom. The van der Waals surface area contributed by atoms with E-state index in [2.05, 4.69) is 0 Å². The van der Waals surface area contributed by atoms with Gasteiger partial charge in [0.05, 0.1) is 5.92 Å². The summed E-state index contributed by atoms with van der Waals surface area (Å²) in [5, 5.41) is 0. The van der Waals surface area contributed by atoms with Crippen molar-refractivity contribution in [3.05, 3.63) is 0 Å². The van der Waals surface area contributed by atoms with Gasteiger partial charge >= 0.3 is 0 Å². The quantitative estimate of drug-likeness (QED) is 0.387. The summed E-state index contributed by atoms with van der Waals surface area (Å²) in [6, 6.07) is 0. The maximum atomic E-state index is 11.7. The van der Waals surface area contributed by atoms with Crippen LogP contribution in [0.4, 0.5) is 0 Å². The van der Waals surface area contributed by atoms with Crippen LogP contribution < -0.4 is 0 Å². The van der Waals surface area contributed by atoms with Crippen molar-refractivity contribution in [2.24, 2.45) is 5.92 Å². The van der Waals surface area contributed by atoms with Crippen molar-refractivity contribution < 1.29 is 9.59 Å². The third-order valence-electron chi connectivity index (χ3n) is 2.18. The fourth-order valence-corrected chi connectivity index (χ4v) is 2.02. The first-order chi connectivity index (χ1) is 5.76. The molecule has 1 aliphatic rings. The Kier molecular flexibility index (Phi) is 2.71. The summed E-state index contributed by atoms with van der Waals surface area (Å²) < 4.78 is -0.190. The van der Waals surface area contributed by atoms with Crippen molar-refractivity contribution in [3.63, 3.8) is 0 Å². The molecule has 4 heteroatoms. The molecule has 0 aromatic rings. The minimum absolute atomic E-state index is 0.0445. The van der Waals surface area contributed by atoms with E-state index in [1.54, 1.807) is 0 Å². The van der Waals surface area contributed by atoms with E-state index in [4.69, 9.17) is 0 Å². The van der Waals surface area contributed by atoms with Gasteiger partial charge in [0.15, 0.2) is 0 Å². The number of carbonyl (C=O) groups excluding carboxylic acids is 2. The number of amides is 2. The Balaban J connectivity index is 3.02. The molecule has 74 valence electrons. The Labute approximate surface area is 92.0 Å². The first kappa shape index (κ1) is 10.9. The Morgan fingerprint density at radius 1 is 1.23 bits per heavy atom. The first-order valence-electron chi connectivity index (χ1n) is 4.29. The monoisotopic (exact) mass is 295 g/mol. The molecule has 0 saturated carbocycles. The lowest BCUT2D eigenvalue weighted by Crippen LogP contribution is -2.46. The molecule has 2 unspecified atom stereocenters. The highest BCUT2D eigenvalue weighted by atomic mass is 127. The summed E-state index contributed by atoms with van der Waals surface area (Å²) in [6.45, 7) is 7.45. The van der Waals surface area contributed by atoms with Gasteiger partial charge in [0.2, 0.25) is 11.8 Å². The number of hydrogen-bond acceptors (Lipinski definition) is 2. The minimum Gasteiger partial charge on any atom is -0.276 e. The molecule has 0 aliphatic carbocycles. The van der Waals surface area contributed by atoms with Crippen LogP contribution in [0.1, 0.15) is 27.7 Å². The van der Waals surface area contributed by atoms with Crippen LogP contribution in [0, 0.1) is 5.92 Å². The third kappa shape index (κ3) is 1.73. The van der Waals surface area contributed by atoms with Gasteiger partial charge in [-0.1, -0.05) is 29.5 Å². The van der Waals surface area contributed by atoms with Crippen LogP contribution >= 0.6 is 22.6 Å². The Hall–Kier alpha value is -0.130. The van der Waals surface area contributed by atoms with Crippen LogP contribution in [0.15, 0.2) is 0 Å². The maximum Gasteiger partial charge on any atom is 0.243 e. The predicted molar refractivity (Wildman–Crippen MR) is 58.6 cm³/mol. The van der Waals surface area contributed by atoms with Gasteiger partial charge in [0.1, 0.15) is 3.92 Å². The number of imide groups is 1. The highest BCUT2D eigenvalue weighted by Crippen LogP contribution is 2.31. The zero-order valence-corrected chi connectivity index (χ0v) is 10.5. The standard InChI is InChI=1S/C9H14INO2/c1-5-6(10)8(13)11(7(5)12)9(2,3)4/h5-6H,1-4H3. The van der Waals surface area contributed by atoms with Crippen LogP contribution in [-0.2, 0) is 9.59 Å². The maximum absolute atomic E-state index is 11.7. The zero-order chi connectivity index (χ0) is 10.4. The summed E-state index contributed by atoms with van der Waals surface area (Å²) >= 11 is 2.04. The van der Waals surface area contributed by atoms with Crippen LogP contribution in [0.2, 0.25) is 0 Å². The summed E-state index contributed by atoms with van der Waals surface area (Å²) in [4.78, 5) is 24.7. The summed E-state index contributed by atoms with van der Waals surface area (Å²) in [5.41, 5.74) is -0.387. The fourth-order valence-electron chi connectivity index (χ4n) is 1.44. The average Bonchev–Trinajstić information content (AvgIpc) is 2.14. The van der Waals surface area contributed by atoms with Crippen molar-refractivity contribution >= 4 is 34.4 Å². The summed E-state index contributed by atoms with van der Waals surface area (Å²) in [7, 11) is 0. The lowest BCUT2D eigenvalue weighted by atomic mass is 10.1. The van der Waals surface area contributed by atoms with E-state index in [9.17, 15) is 9.59 Å². The van der Waals surface area contributed by atoms with E-state index in [1.807, 2.05) is 50.3 Å². The van der Waals surface area contributed by atoms with Crippen LogP contribution in [0.3, 0.4) is 0 Å². The van der Waals surface area contributed by atoms with Crippen molar-refractivity contribution in [2.45, 2.75) is 37.2 Å². The molecule has 1 saturated heterocycles. The second-order valence-electron chi connectivity index (χ2n) is 4.37. The van der Waals surface area contributed by atoms with Gasteiger partial charge in [0, 0.05) is 5.54 Å². The van der Waals surface area contributed by atoms with Crippen molar-refractivity contribution in [1.82, 2.24) is 4.90 Å². The number of carbonyl (C=O) groups is 2. The van der Waals surface area contributed by atoms with Crippen LogP contribution in [-0.4, -0.2) is 26.2 Å². The lowest BCUT2D eigenvalue weighted by molar-refractivity contribution is -0.144. The molecule has 3 nitrogen and oxygen atoms in total. The molecule has 0 bridgehead atoms. The molecule has 13 heavy (non-hydrogen) atoms. The number of nitrogens with zero attached hydrogens (tertiary/aromatic N) is 1. The fraction of sp³-hybridized carbons (Fsp3) is 0.778. The van der Waals surface area contributed by atoms with Crippen molar-refractivity contribution in [1.29, 1.82) is 0 Å². The molecule has 2 amide bonds. The summed E-state index contributed by atoms with van der Waals surface area (Å²) in [6.07, 6.45) is 0. The Bertz CT molecular complexity index is 237. The molecule has 2 atom stereocenters. The van der Waals surface area contributed by atoms with Crippen molar-refractivity contribution in [3.8, 4) is 0 Å². The van der Waals surface area contributed by atoms with E-state index in [0.29, 0.717) is 0 Å². The number of alkyl halides is 1. The topological polar surface area (TPSA) is 37.4 Å². The van der Waals surface area contributed by atoms with E-state index in [-0.39, 0.29) is 27.2 Å². The van der Waals surface area contributed by atoms with E-state index >= 15 is 0 Å². The summed E-state index contributed by atoms with van der Waals surface area (Å²) in [5.74, 6) is -0.269. The van der Waals surface area contributed by atoms with Gasteiger partial charge in [-0.2, -0.15) is 0 Å². The van der Waals surface area contributed by atoms with Gasteiger partial charge < -0.3 is 0 Å². The molecule has 0 aromatic carbocycles. The normalized spacial score (nSPS) is 30.1. The van der Waals surface area contributed by atoms with Crippen LogP contribution in [0.5, 0.6) is 0 Å². The smallest absolute Gasteiger partial charge is 0.243 e. The molecule has 0 aromatic heterocycles. The molecule has 0 spiro atoms. The van der Waals surface area contributed by atoms with Gasteiger partial charge in [-0.15, -0.1) is 0 Å². The average molecular weight is 295 g/mol. The van der Waals surface area contributed by atoms with Gasteiger partial charge in [-0.3, -0.25) is 14.5 Å². The predicted octanol–water partition coefficient (Wildman–Crippen LogP) is 1.59. The van der Waals surface area contributed by atoms with Crippen molar-refractivity contribution in [2.75, 3.05) is 0 Å². The lowest BCUT2D eigenvalue weighted by Gasteiger charge is -2.29. The highest BCUT2D eigenvalue weighted by molar-refractivity contribution is 14.1. The zero-order valence-electron chi connectivity index (χ0n) is 8.30. The van der Waals surface area contributed by atoms with Gasteiger partial charge in [0.25, 0.3) is 0 Å². The molecule has 1 rings (SSSR count). The molecule has 0 N–H and O–H groups in total. The number of rotatable bonds is 0. The second-order valence-corrected chi connectivity index (χ2v) is 5.72. The Morgan fingerprint density at radius 3 is 1.85 bits per heavy atom. The molecular weight excluding hydrogens is 281 g/mol. The molecule has 1 heterocycles. The SMILES string of the molecule is CC1C(=O)N(C(C)(C)C)C(=O)C1I. The number of halogens is 1. The van der Waals surface area contributed by atoms with Crippen LogP contribution in [0.25, 0.3) is 0 Å². The molecule has 0 radical (unpaired) electrons. The van der Waals surface area contributed by atoms with E-state index < -0.39 is 0 Å². The molecular formula is C9H14INO2. The third-order valence-corrected chi connectivity index (χ3v) is 3.79. The van der Waals surface area contributed by atoms with E-state index in [1.165, 1.54) is 4.90 Å². The van der Waals surface area contributed by atoms with Gasteiger partial charge in [-0.25, -0.2) is 0 Å². The largest absolute Gasteiger partial charge is 0.276 e. The molecule has 1 fully saturated rings. The second kappa shape index (κ2) is 3.22. The number of hydrogen-bond donors (Lipinski definition) is 0. The van der Waals surface area contributed by atoms with E-state index in [0.717, 1.165) is 0 Å². The molecule has 1 aliphatic heterocycles. The highest BCUT2D eigenvalue weighted by Gasteiger charge is 2.47. The number of likely N-dealkylation sites (tertiary alicyclic amines) is 1. The first-order valence-corrected chi connectivity index (χ1v) is 5.53. The van der Waals surface area contributed by atoms with Gasteiger partial charge in [-0.05, 0) is 20.8 Å². The minimum atomic E-state index is -0.387.